The van der Waals surface area contributed by atoms with E-state index in [0.29, 0.717) is 13.1 Å². The highest BCUT2D eigenvalue weighted by molar-refractivity contribution is 5.96. The zero-order valence-corrected chi connectivity index (χ0v) is 13.4. The van der Waals surface area contributed by atoms with E-state index in [4.69, 9.17) is 5.73 Å². The van der Waals surface area contributed by atoms with Crippen LogP contribution < -0.4 is 10.3 Å². The Bertz CT molecular complexity index is 931. The quantitative estimate of drug-likeness (QED) is 0.465. The third-order valence-corrected chi connectivity index (χ3v) is 4.60. The standard InChI is InChI=1S/C21H19N2O/c22-12-15-4-3-9-23(13-15)14-21(24)17-7-8-20-18(11-17)10-16-5-1-2-6-19(16)20/h1-9,11,13H,10,12,14,22H2/q+1. The van der Waals surface area contributed by atoms with Crippen molar-refractivity contribution in [3.8, 4) is 11.1 Å². The number of nitrogens with zero attached hydrogens (tertiary/aromatic N) is 1. The van der Waals surface area contributed by atoms with Crippen molar-refractivity contribution in [2.75, 3.05) is 0 Å². The van der Waals surface area contributed by atoms with E-state index in [1.54, 1.807) is 0 Å². The fourth-order valence-corrected chi connectivity index (χ4v) is 3.37. The van der Waals surface area contributed by atoms with Crippen LogP contribution in [0.1, 0.15) is 27.0 Å². The Balaban J connectivity index is 1.59. The van der Waals surface area contributed by atoms with E-state index in [-0.39, 0.29) is 5.78 Å². The average molecular weight is 315 g/mol. The SMILES string of the molecule is NCc1ccc[n+](CC(=O)c2ccc3c(c2)Cc2ccccc2-3)c1. The van der Waals surface area contributed by atoms with Gasteiger partial charge < -0.3 is 5.73 Å². The number of nitrogens with two attached hydrogens (primary N) is 1. The third-order valence-electron chi connectivity index (χ3n) is 4.60. The highest BCUT2D eigenvalue weighted by Gasteiger charge is 2.20. The van der Waals surface area contributed by atoms with Crippen LogP contribution in [0, 0.1) is 0 Å². The monoisotopic (exact) mass is 315 g/mol. The summed E-state index contributed by atoms with van der Waals surface area (Å²) in [6.07, 6.45) is 4.74. The van der Waals surface area contributed by atoms with Crippen LogP contribution in [-0.2, 0) is 19.5 Å². The molecule has 3 aromatic rings. The van der Waals surface area contributed by atoms with Gasteiger partial charge in [-0.25, -0.2) is 0 Å². The van der Waals surface area contributed by atoms with Crippen molar-refractivity contribution in [3.05, 3.63) is 89.2 Å². The maximum Gasteiger partial charge on any atom is 0.227 e. The van der Waals surface area contributed by atoms with Crippen LogP contribution in [0.25, 0.3) is 11.1 Å². The summed E-state index contributed by atoms with van der Waals surface area (Å²) in [5, 5.41) is 0. The number of benzene rings is 2. The zero-order chi connectivity index (χ0) is 16.5. The summed E-state index contributed by atoms with van der Waals surface area (Å²) in [4.78, 5) is 12.6. The van der Waals surface area contributed by atoms with Crippen LogP contribution in [-0.4, -0.2) is 5.78 Å². The molecule has 0 bridgehead atoms. The number of hydrogen-bond donors (Lipinski definition) is 1. The molecule has 24 heavy (non-hydrogen) atoms. The molecule has 0 fully saturated rings. The number of fused-ring (bicyclic) bond motifs is 3. The Morgan fingerprint density at radius 3 is 2.71 bits per heavy atom. The molecule has 4 rings (SSSR count). The van der Waals surface area contributed by atoms with Crippen molar-refractivity contribution in [1.29, 1.82) is 0 Å². The number of rotatable bonds is 4. The van der Waals surface area contributed by atoms with Gasteiger partial charge >= 0.3 is 0 Å². The van der Waals surface area contributed by atoms with Gasteiger partial charge in [0.15, 0.2) is 12.4 Å². The highest BCUT2D eigenvalue weighted by atomic mass is 16.1. The van der Waals surface area contributed by atoms with E-state index in [1.165, 1.54) is 22.3 Å². The lowest BCUT2D eigenvalue weighted by Gasteiger charge is -2.04. The van der Waals surface area contributed by atoms with Gasteiger partial charge in [0, 0.05) is 23.7 Å². The molecule has 1 aliphatic rings. The second-order valence-corrected chi connectivity index (χ2v) is 6.22. The maximum absolute atomic E-state index is 12.6. The molecule has 0 saturated heterocycles. The largest absolute Gasteiger partial charge is 0.326 e. The molecule has 0 atom stereocenters. The van der Waals surface area contributed by atoms with Crippen LogP contribution >= 0.6 is 0 Å². The van der Waals surface area contributed by atoms with Crippen LogP contribution in [0.15, 0.2) is 67.0 Å². The van der Waals surface area contributed by atoms with Crippen LogP contribution in [0.2, 0.25) is 0 Å². The molecule has 1 aliphatic carbocycles. The molecular formula is C21H19N2O+. The van der Waals surface area contributed by atoms with Gasteiger partial charge in [-0.05, 0) is 40.8 Å². The van der Waals surface area contributed by atoms with E-state index in [1.807, 2.05) is 41.2 Å². The predicted molar refractivity (Wildman–Crippen MR) is 93.5 cm³/mol. The van der Waals surface area contributed by atoms with Crippen molar-refractivity contribution < 1.29 is 9.36 Å². The zero-order valence-electron chi connectivity index (χ0n) is 13.4. The summed E-state index contributed by atoms with van der Waals surface area (Å²) in [7, 11) is 0. The van der Waals surface area contributed by atoms with Gasteiger partial charge in [-0.2, -0.15) is 4.57 Å². The van der Waals surface area contributed by atoms with Gasteiger partial charge in [0.2, 0.25) is 12.3 Å². The molecule has 2 aromatic carbocycles. The Hall–Kier alpha value is -2.78. The minimum atomic E-state index is 0.118. The topological polar surface area (TPSA) is 47.0 Å². The molecule has 0 radical (unpaired) electrons. The molecule has 1 heterocycles. The lowest BCUT2D eigenvalue weighted by Crippen LogP contribution is -2.37. The molecule has 2 N–H and O–H groups in total. The van der Waals surface area contributed by atoms with E-state index >= 15 is 0 Å². The Morgan fingerprint density at radius 1 is 1.00 bits per heavy atom. The van der Waals surface area contributed by atoms with Crippen LogP contribution in [0.3, 0.4) is 0 Å². The second kappa shape index (κ2) is 6.02. The summed E-state index contributed by atoms with van der Waals surface area (Å²) in [5.74, 6) is 0.118. The first-order chi connectivity index (χ1) is 11.7. The van der Waals surface area contributed by atoms with Crippen molar-refractivity contribution in [1.82, 2.24) is 0 Å². The molecular weight excluding hydrogens is 296 g/mol. The summed E-state index contributed by atoms with van der Waals surface area (Å²) in [5.41, 5.74) is 12.6. The highest BCUT2D eigenvalue weighted by Crippen LogP contribution is 2.36. The average Bonchev–Trinajstić information content (AvgIpc) is 2.99. The molecule has 118 valence electrons. The fourth-order valence-electron chi connectivity index (χ4n) is 3.37. The molecule has 1 aromatic heterocycles. The molecule has 0 unspecified atom stereocenters. The minimum absolute atomic E-state index is 0.118. The number of carbonyl (C=O) groups is 1. The molecule has 3 heteroatoms. The lowest BCUT2D eigenvalue weighted by atomic mass is 10.0. The third kappa shape index (κ3) is 2.63. The predicted octanol–water partition coefficient (Wildman–Crippen LogP) is 2.89. The fraction of sp³-hybridized carbons (Fsp3) is 0.143. The summed E-state index contributed by atoms with van der Waals surface area (Å²) in [6.45, 7) is 0.811. The second-order valence-electron chi connectivity index (χ2n) is 6.22. The van der Waals surface area contributed by atoms with E-state index < -0.39 is 0 Å². The lowest BCUT2D eigenvalue weighted by molar-refractivity contribution is -0.683. The Kier molecular flexibility index (Phi) is 3.71. The minimum Gasteiger partial charge on any atom is -0.326 e. The Labute approximate surface area is 141 Å². The van der Waals surface area contributed by atoms with Gasteiger partial charge in [0.05, 0.1) is 0 Å². The number of pyridine rings is 1. The normalized spacial score (nSPS) is 11.9. The number of hydrogen-bond acceptors (Lipinski definition) is 2. The molecule has 0 aliphatic heterocycles. The van der Waals surface area contributed by atoms with Gasteiger partial charge in [-0.3, -0.25) is 4.79 Å². The summed E-state index contributed by atoms with van der Waals surface area (Å²) in [6, 6.07) is 18.4. The van der Waals surface area contributed by atoms with Gasteiger partial charge in [-0.1, -0.05) is 36.4 Å². The van der Waals surface area contributed by atoms with Crippen LogP contribution in [0.4, 0.5) is 0 Å². The maximum atomic E-state index is 12.6. The van der Waals surface area contributed by atoms with Crippen molar-refractivity contribution in [3.63, 3.8) is 0 Å². The summed E-state index contributed by atoms with van der Waals surface area (Å²) < 4.78 is 1.90. The number of aromatic nitrogens is 1. The molecule has 0 saturated carbocycles. The van der Waals surface area contributed by atoms with E-state index in [9.17, 15) is 4.79 Å². The molecule has 3 nitrogen and oxygen atoms in total. The van der Waals surface area contributed by atoms with E-state index in [2.05, 4.69) is 30.3 Å². The summed E-state index contributed by atoms with van der Waals surface area (Å²) >= 11 is 0. The van der Waals surface area contributed by atoms with Crippen molar-refractivity contribution in [2.45, 2.75) is 19.5 Å². The number of carbonyl (C=O) groups excluding carboxylic acids is 1. The van der Waals surface area contributed by atoms with Crippen LogP contribution in [0.5, 0.6) is 0 Å². The number of ketones is 1. The van der Waals surface area contributed by atoms with E-state index in [0.717, 1.165) is 17.5 Å². The van der Waals surface area contributed by atoms with Gasteiger partial charge in [-0.15, -0.1) is 0 Å². The van der Waals surface area contributed by atoms with Crippen molar-refractivity contribution in [2.24, 2.45) is 5.73 Å². The first-order valence-electron chi connectivity index (χ1n) is 8.17. The smallest absolute Gasteiger partial charge is 0.227 e. The first kappa shape index (κ1) is 14.8. The molecule has 0 amide bonds. The van der Waals surface area contributed by atoms with Crippen molar-refractivity contribution >= 4 is 5.78 Å². The molecule has 0 spiro atoms. The first-order valence-corrected chi connectivity index (χ1v) is 8.17. The Morgan fingerprint density at radius 2 is 1.83 bits per heavy atom. The van der Waals surface area contributed by atoms with Gasteiger partial charge in [0.1, 0.15) is 0 Å². The number of Topliss-reactive ketones (excluding diaryl/α,β-unsaturated/α-hetero) is 1. The van der Waals surface area contributed by atoms with Gasteiger partial charge in [0.25, 0.3) is 0 Å².